The number of aryl methyl sites for hydroxylation is 1. The van der Waals surface area contributed by atoms with Gasteiger partial charge in [0.2, 0.25) is 0 Å². The second-order valence-corrected chi connectivity index (χ2v) is 8.13. The molecule has 1 heterocycles. The average molecular weight is 378 g/mol. The van der Waals surface area contributed by atoms with E-state index >= 15 is 0 Å². The van der Waals surface area contributed by atoms with Crippen LogP contribution in [-0.4, -0.2) is 38.0 Å². The highest BCUT2D eigenvalue weighted by Crippen LogP contribution is 2.21. The Morgan fingerprint density at radius 2 is 1.96 bits per heavy atom. The lowest BCUT2D eigenvalue weighted by Gasteiger charge is -2.07. The van der Waals surface area contributed by atoms with Crippen LogP contribution in [0.2, 0.25) is 0 Å². The van der Waals surface area contributed by atoms with E-state index in [2.05, 4.69) is 4.98 Å². The molecule has 0 aliphatic heterocycles. The van der Waals surface area contributed by atoms with Gasteiger partial charge in [-0.25, -0.2) is 18.2 Å². The molecule has 0 fully saturated rings. The first-order valence-electron chi connectivity index (χ1n) is 7.04. The second-order valence-electron chi connectivity index (χ2n) is 5.23. The zero-order chi connectivity index (χ0) is 18.6. The summed E-state index contributed by atoms with van der Waals surface area (Å²) in [6.45, 7) is 1.18. The van der Waals surface area contributed by atoms with Gasteiger partial charge >= 0.3 is 5.97 Å². The highest BCUT2D eigenvalue weighted by molar-refractivity contribution is 7.90. The van der Waals surface area contributed by atoms with Gasteiger partial charge in [-0.1, -0.05) is 0 Å². The maximum atomic E-state index is 12.1. The van der Waals surface area contributed by atoms with Crippen molar-refractivity contribution in [1.29, 1.82) is 5.26 Å². The number of hydrogen-bond donors (Lipinski definition) is 0. The molecule has 0 unspecified atom stereocenters. The molecular weight excluding hydrogens is 364 g/mol. The predicted octanol–water partition coefficient (Wildman–Crippen LogP) is 1.89. The third-order valence-corrected chi connectivity index (χ3v) is 5.35. The summed E-state index contributed by atoms with van der Waals surface area (Å²) in [5.74, 6) is -2.43. The van der Waals surface area contributed by atoms with Crippen LogP contribution < -0.4 is 0 Å². The van der Waals surface area contributed by atoms with Crippen LogP contribution >= 0.6 is 11.3 Å². The molecule has 1 atom stereocenters. The minimum Gasteiger partial charge on any atom is -0.454 e. The van der Waals surface area contributed by atoms with E-state index in [0.29, 0.717) is 10.7 Å². The standard InChI is InChI=1S/C16H14N2O5S2/c1-10-9-24-15(18-10)13(7-17)14(19)8-23-16(20)11-3-5-12(6-4-11)25(2,21)22/h3-6,9,13H,8H2,1-2H3/t13-/m1/s1. The number of esters is 1. The van der Waals surface area contributed by atoms with Gasteiger partial charge in [-0.3, -0.25) is 4.79 Å². The summed E-state index contributed by atoms with van der Waals surface area (Å²) in [5.41, 5.74) is 0.815. The summed E-state index contributed by atoms with van der Waals surface area (Å²) >= 11 is 1.19. The van der Waals surface area contributed by atoms with Gasteiger partial charge in [-0.15, -0.1) is 11.3 Å². The Labute approximate surface area is 148 Å². The Balaban J connectivity index is 2.01. The number of Topliss-reactive ketones (excluding diaryl/α,β-unsaturated/α-hetero) is 1. The molecule has 0 aliphatic rings. The molecule has 0 bridgehead atoms. The summed E-state index contributed by atoms with van der Waals surface area (Å²) in [7, 11) is -3.36. The van der Waals surface area contributed by atoms with Gasteiger partial charge in [-0.2, -0.15) is 5.26 Å². The lowest BCUT2D eigenvalue weighted by Crippen LogP contribution is -2.20. The van der Waals surface area contributed by atoms with E-state index in [1.54, 1.807) is 12.3 Å². The Bertz CT molecular complexity index is 940. The maximum Gasteiger partial charge on any atom is 0.338 e. The first-order valence-corrected chi connectivity index (χ1v) is 9.81. The number of hydrogen-bond acceptors (Lipinski definition) is 8. The van der Waals surface area contributed by atoms with E-state index in [0.717, 1.165) is 6.26 Å². The number of sulfone groups is 1. The Morgan fingerprint density at radius 1 is 1.32 bits per heavy atom. The van der Waals surface area contributed by atoms with Crippen LogP contribution in [0.4, 0.5) is 0 Å². The number of nitrogens with zero attached hydrogens (tertiary/aromatic N) is 2. The molecule has 0 saturated carbocycles. The van der Waals surface area contributed by atoms with Crippen molar-refractivity contribution in [3.63, 3.8) is 0 Å². The summed E-state index contributed by atoms with van der Waals surface area (Å²) < 4.78 is 27.7. The quantitative estimate of drug-likeness (QED) is 0.705. The average Bonchev–Trinajstić information content (AvgIpc) is 2.98. The number of nitriles is 1. The van der Waals surface area contributed by atoms with E-state index in [1.165, 1.54) is 35.6 Å². The minimum atomic E-state index is -3.36. The molecular formula is C16H14N2O5S2. The largest absolute Gasteiger partial charge is 0.454 e. The Morgan fingerprint density at radius 3 is 2.44 bits per heavy atom. The van der Waals surface area contributed by atoms with Crippen LogP contribution in [0.15, 0.2) is 34.5 Å². The molecule has 0 aliphatic carbocycles. The van der Waals surface area contributed by atoms with Gasteiger partial charge in [-0.05, 0) is 31.2 Å². The topological polar surface area (TPSA) is 114 Å². The molecule has 0 amide bonds. The van der Waals surface area contributed by atoms with Gasteiger partial charge in [0, 0.05) is 17.3 Å². The minimum absolute atomic E-state index is 0.0730. The number of ether oxygens (including phenoxy) is 1. The van der Waals surface area contributed by atoms with E-state index < -0.39 is 34.1 Å². The summed E-state index contributed by atoms with van der Waals surface area (Å²) in [4.78, 5) is 28.2. The van der Waals surface area contributed by atoms with E-state index in [-0.39, 0.29) is 10.5 Å². The van der Waals surface area contributed by atoms with E-state index in [9.17, 15) is 18.0 Å². The smallest absolute Gasteiger partial charge is 0.338 e. The monoisotopic (exact) mass is 378 g/mol. The lowest BCUT2D eigenvalue weighted by molar-refractivity contribution is -0.122. The number of carbonyl (C=O) groups excluding carboxylic acids is 2. The number of rotatable bonds is 6. The van der Waals surface area contributed by atoms with Crippen LogP contribution in [0.1, 0.15) is 27.0 Å². The van der Waals surface area contributed by atoms with Crippen molar-refractivity contribution >= 4 is 32.9 Å². The van der Waals surface area contributed by atoms with Gasteiger partial charge < -0.3 is 4.74 Å². The molecule has 9 heteroatoms. The van der Waals surface area contributed by atoms with Crippen molar-refractivity contribution in [2.45, 2.75) is 17.7 Å². The number of ketones is 1. The highest BCUT2D eigenvalue weighted by Gasteiger charge is 2.24. The highest BCUT2D eigenvalue weighted by atomic mass is 32.2. The van der Waals surface area contributed by atoms with Crippen molar-refractivity contribution in [2.24, 2.45) is 0 Å². The van der Waals surface area contributed by atoms with E-state index in [1.807, 2.05) is 6.07 Å². The van der Waals surface area contributed by atoms with Crippen LogP contribution in [0, 0.1) is 18.3 Å². The normalized spacial score (nSPS) is 12.2. The van der Waals surface area contributed by atoms with Crippen molar-refractivity contribution < 1.29 is 22.7 Å². The van der Waals surface area contributed by atoms with E-state index in [4.69, 9.17) is 10.00 Å². The molecule has 1 aromatic heterocycles. The molecule has 130 valence electrons. The second kappa shape index (κ2) is 7.55. The van der Waals surface area contributed by atoms with Gasteiger partial charge in [0.15, 0.2) is 28.1 Å². The summed E-state index contributed by atoms with van der Waals surface area (Å²) in [5, 5.41) is 11.2. The number of thiazole rings is 1. The fourth-order valence-electron chi connectivity index (χ4n) is 1.91. The van der Waals surface area contributed by atoms with Gasteiger partial charge in [0.05, 0.1) is 16.5 Å². The molecule has 0 saturated heterocycles. The number of carbonyl (C=O) groups is 2. The SMILES string of the molecule is Cc1csc([C@H](C#N)C(=O)COC(=O)c2ccc(S(C)(=O)=O)cc2)n1. The molecule has 1 aromatic carbocycles. The molecule has 25 heavy (non-hydrogen) atoms. The zero-order valence-electron chi connectivity index (χ0n) is 13.4. The molecule has 0 N–H and O–H groups in total. The van der Waals surface area contributed by atoms with Gasteiger partial charge in [0.1, 0.15) is 5.01 Å². The third kappa shape index (κ3) is 4.71. The molecule has 0 spiro atoms. The summed E-state index contributed by atoms with van der Waals surface area (Å²) in [6.07, 6.45) is 1.06. The third-order valence-electron chi connectivity index (χ3n) is 3.20. The zero-order valence-corrected chi connectivity index (χ0v) is 15.1. The molecule has 7 nitrogen and oxygen atoms in total. The van der Waals surface area contributed by atoms with Crippen molar-refractivity contribution in [1.82, 2.24) is 4.98 Å². The maximum absolute atomic E-state index is 12.1. The predicted molar refractivity (Wildman–Crippen MR) is 90.0 cm³/mol. The van der Waals surface area contributed by atoms with Crippen LogP contribution in [-0.2, 0) is 19.4 Å². The number of aromatic nitrogens is 1. The van der Waals surface area contributed by atoms with Crippen LogP contribution in [0.25, 0.3) is 0 Å². The first-order chi connectivity index (χ1) is 11.7. The fourth-order valence-corrected chi connectivity index (χ4v) is 3.40. The van der Waals surface area contributed by atoms with Crippen LogP contribution in [0.3, 0.4) is 0 Å². The lowest BCUT2D eigenvalue weighted by atomic mass is 10.1. The number of benzene rings is 1. The molecule has 2 rings (SSSR count). The first kappa shape index (κ1) is 18.8. The molecule has 2 aromatic rings. The van der Waals surface area contributed by atoms with Crippen molar-refractivity contribution in [2.75, 3.05) is 12.9 Å². The van der Waals surface area contributed by atoms with Crippen molar-refractivity contribution in [3.05, 3.63) is 45.9 Å². The summed E-state index contributed by atoms with van der Waals surface area (Å²) in [6, 6.07) is 7.02. The Hall–Kier alpha value is -2.57. The van der Waals surface area contributed by atoms with Gasteiger partial charge in [0.25, 0.3) is 0 Å². The fraction of sp³-hybridized carbons (Fsp3) is 0.250. The Kier molecular flexibility index (Phi) is 5.66. The van der Waals surface area contributed by atoms with Crippen LogP contribution in [0.5, 0.6) is 0 Å². The molecule has 0 radical (unpaired) electrons. The van der Waals surface area contributed by atoms with Crippen molar-refractivity contribution in [3.8, 4) is 6.07 Å².